The summed E-state index contributed by atoms with van der Waals surface area (Å²) >= 11 is 0. The van der Waals surface area contributed by atoms with Gasteiger partial charge in [-0.3, -0.25) is 9.69 Å². The van der Waals surface area contributed by atoms with Gasteiger partial charge in [0.05, 0.1) is 0 Å². The van der Waals surface area contributed by atoms with Gasteiger partial charge in [0, 0.05) is 12.6 Å². The molecule has 2 fully saturated rings. The Labute approximate surface area is 111 Å². The molecule has 1 aliphatic carbocycles. The van der Waals surface area contributed by atoms with Crippen molar-refractivity contribution in [3.8, 4) is 0 Å². The SMILES string of the molecule is CC1CCC(NC(=O)N2CC(=O)NCC2C(=O)O)C1. The number of carboxylic acid groups (broad SMARTS) is 1. The highest BCUT2D eigenvalue weighted by Crippen LogP contribution is 2.24. The molecule has 0 spiro atoms. The van der Waals surface area contributed by atoms with E-state index >= 15 is 0 Å². The average Bonchev–Trinajstić information content (AvgIpc) is 2.74. The molecule has 3 atom stereocenters. The van der Waals surface area contributed by atoms with Crippen molar-refractivity contribution in [3.63, 3.8) is 0 Å². The van der Waals surface area contributed by atoms with Crippen LogP contribution in [-0.4, -0.2) is 53.1 Å². The molecule has 106 valence electrons. The maximum atomic E-state index is 12.1. The first-order chi connectivity index (χ1) is 8.97. The summed E-state index contributed by atoms with van der Waals surface area (Å²) < 4.78 is 0. The Morgan fingerprint density at radius 3 is 2.74 bits per heavy atom. The predicted molar refractivity (Wildman–Crippen MR) is 66.5 cm³/mol. The fraction of sp³-hybridized carbons (Fsp3) is 0.750. The van der Waals surface area contributed by atoms with Crippen LogP contribution in [0.4, 0.5) is 4.79 Å². The van der Waals surface area contributed by atoms with Crippen molar-refractivity contribution in [3.05, 3.63) is 0 Å². The summed E-state index contributed by atoms with van der Waals surface area (Å²) in [5.74, 6) is -0.854. The van der Waals surface area contributed by atoms with E-state index in [4.69, 9.17) is 5.11 Å². The van der Waals surface area contributed by atoms with E-state index in [2.05, 4.69) is 17.6 Å². The summed E-state index contributed by atoms with van der Waals surface area (Å²) in [4.78, 5) is 35.6. The van der Waals surface area contributed by atoms with Crippen LogP contribution < -0.4 is 10.6 Å². The zero-order valence-electron chi connectivity index (χ0n) is 10.9. The maximum absolute atomic E-state index is 12.1. The van der Waals surface area contributed by atoms with E-state index in [0.717, 1.165) is 24.2 Å². The normalized spacial score (nSPS) is 30.9. The lowest BCUT2D eigenvalue weighted by Gasteiger charge is -2.33. The van der Waals surface area contributed by atoms with E-state index in [1.807, 2.05) is 0 Å². The predicted octanol–water partition coefficient (Wildman–Crippen LogP) is -0.230. The molecular weight excluding hydrogens is 250 g/mol. The second-order valence-electron chi connectivity index (χ2n) is 5.35. The molecule has 7 nitrogen and oxygen atoms in total. The Bertz CT molecular complexity index is 398. The number of hydrogen-bond acceptors (Lipinski definition) is 3. The van der Waals surface area contributed by atoms with Crippen LogP contribution in [0.3, 0.4) is 0 Å². The third-order valence-electron chi connectivity index (χ3n) is 3.75. The van der Waals surface area contributed by atoms with E-state index in [1.54, 1.807) is 0 Å². The zero-order chi connectivity index (χ0) is 14.0. The number of amides is 3. The third-order valence-corrected chi connectivity index (χ3v) is 3.75. The van der Waals surface area contributed by atoms with Crippen LogP contribution in [0.15, 0.2) is 0 Å². The second kappa shape index (κ2) is 5.46. The summed E-state index contributed by atoms with van der Waals surface area (Å²) in [5.41, 5.74) is 0. The van der Waals surface area contributed by atoms with Gasteiger partial charge in [0.2, 0.25) is 5.91 Å². The van der Waals surface area contributed by atoms with Gasteiger partial charge in [-0.1, -0.05) is 6.92 Å². The van der Waals surface area contributed by atoms with Gasteiger partial charge < -0.3 is 15.7 Å². The molecule has 0 radical (unpaired) electrons. The highest BCUT2D eigenvalue weighted by atomic mass is 16.4. The monoisotopic (exact) mass is 269 g/mol. The molecular formula is C12H19N3O4. The number of carboxylic acids is 1. The molecule has 1 saturated carbocycles. The maximum Gasteiger partial charge on any atom is 0.328 e. The largest absolute Gasteiger partial charge is 0.480 e. The molecule has 0 aromatic carbocycles. The number of nitrogens with one attached hydrogen (secondary N) is 2. The van der Waals surface area contributed by atoms with Gasteiger partial charge in [-0.05, 0) is 25.2 Å². The van der Waals surface area contributed by atoms with Crippen LogP contribution in [0.5, 0.6) is 0 Å². The van der Waals surface area contributed by atoms with Crippen molar-refractivity contribution in [1.29, 1.82) is 0 Å². The van der Waals surface area contributed by atoms with Gasteiger partial charge in [0.1, 0.15) is 12.6 Å². The van der Waals surface area contributed by atoms with Crippen molar-refractivity contribution in [1.82, 2.24) is 15.5 Å². The molecule has 1 heterocycles. The molecule has 0 aromatic rings. The quantitative estimate of drug-likeness (QED) is 0.645. The first-order valence-corrected chi connectivity index (χ1v) is 6.54. The van der Waals surface area contributed by atoms with E-state index in [9.17, 15) is 14.4 Å². The van der Waals surface area contributed by atoms with Crippen LogP contribution >= 0.6 is 0 Å². The lowest BCUT2D eigenvalue weighted by molar-refractivity contribution is -0.144. The molecule has 0 aromatic heterocycles. The van der Waals surface area contributed by atoms with Gasteiger partial charge in [-0.2, -0.15) is 0 Å². The molecule has 3 unspecified atom stereocenters. The topological polar surface area (TPSA) is 98.7 Å². The van der Waals surface area contributed by atoms with Gasteiger partial charge in [-0.15, -0.1) is 0 Å². The first-order valence-electron chi connectivity index (χ1n) is 6.54. The molecule has 1 saturated heterocycles. The van der Waals surface area contributed by atoms with Crippen LogP contribution in [0.25, 0.3) is 0 Å². The second-order valence-corrected chi connectivity index (χ2v) is 5.35. The fourth-order valence-electron chi connectivity index (χ4n) is 2.67. The lowest BCUT2D eigenvalue weighted by Crippen LogP contribution is -2.62. The van der Waals surface area contributed by atoms with E-state index in [0.29, 0.717) is 5.92 Å². The highest BCUT2D eigenvalue weighted by Gasteiger charge is 2.36. The Hall–Kier alpha value is -1.79. The van der Waals surface area contributed by atoms with Crippen molar-refractivity contribution in [2.75, 3.05) is 13.1 Å². The van der Waals surface area contributed by atoms with Crippen LogP contribution in [0.1, 0.15) is 26.2 Å². The number of nitrogens with zero attached hydrogens (tertiary/aromatic N) is 1. The Balaban J connectivity index is 1.98. The first kappa shape index (κ1) is 13.6. The van der Waals surface area contributed by atoms with E-state index in [-0.39, 0.29) is 25.0 Å². The summed E-state index contributed by atoms with van der Waals surface area (Å²) in [6.45, 7) is 1.88. The lowest BCUT2D eigenvalue weighted by atomic mass is 10.1. The van der Waals surface area contributed by atoms with E-state index in [1.165, 1.54) is 0 Å². The summed E-state index contributed by atoms with van der Waals surface area (Å²) in [7, 11) is 0. The van der Waals surface area contributed by atoms with Crippen molar-refractivity contribution < 1.29 is 19.5 Å². The van der Waals surface area contributed by atoms with Gasteiger partial charge >= 0.3 is 12.0 Å². The summed E-state index contributed by atoms with van der Waals surface area (Å²) in [6, 6.07) is -1.36. The van der Waals surface area contributed by atoms with Crippen molar-refractivity contribution in [2.45, 2.75) is 38.3 Å². The average molecular weight is 269 g/mol. The smallest absolute Gasteiger partial charge is 0.328 e. The third kappa shape index (κ3) is 3.15. The standard InChI is InChI=1S/C12H19N3O4/c1-7-2-3-8(4-7)14-12(19)15-6-10(16)13-5-9(15)11(17)18/h7-9H,2-6H2,1H3,(H,13,16)(H,14,19)(H,17,18). The number of aliphatic carboxylic acids is 1. The van der Waals surface area contributed by atoms with Crippen LogP contribution in [-0.2, 0) is 9.59 Å². The Morgan fingerprint density at radius 2 is 2.16 bits per heavy atom. The number of urea groups is 1. The fourth-order valence-corrected chi connectivity index (χ4v) is 2.67. The summed E-state index contributed by atoms with van der Waals surface area (Å²) in [5, 5.41) is 14.4. The number of rotatable bonds is 2. The van der Waals surface area contributed by atoms with Gasteiger partial charge in [0.25, 0.3) is 0 Å². The minimum Gasteiger partial charge on any atom is -0.480 e. The minimum absolute atomic E-state index is 0.0390. The number of carbonyl (C=O) groups excluding carboxylic acids is 2. The van der Waals surface area contributed by atoms with Gasteiger partial charge in [0.15, 0.2) is 0 Å². The molecule has 3 N–H and O–H groups in total. The molecule has 7 heteroatoms. The number of hydrogen-bond donors (Lipinski definition) is 3. The molecule has 3 amide bonds. The highest BCUT2D eigenvalue weighted by molar-refractivity contribution is 5.90. The number of piperazine rings is 1. The van der Waals surface area contributed by atoms with Crippen molar-refractivity contribution in [2.24, 2.45) is 5.92 Å². The van der Waals surface area contributed by atoms with Crippen molar-refractivity contribution >= 4 is 17.9 Å². The molecule has 2 rings (SSSR count). The zero-order valence-corrected chi connectivity index (χ0v) is 10.9. The minimum atomic E-state index is -1.10. The molecule has 0 bridgehead atoms. The van der Waals surface area contributed by atoms with Crippen LogP contribution in [0, 0.1) is 5.92 Å². The molecule has 1 aliphatic heterocycles. The Kier molecular flexibility index (Phi) is 3.92. The van der Waals surface area contributed by atoms with Crippen LogP contribution in [0.2, 0.25) is 0 Å². The molecule has 2 aliphatic rings. The van der Waals surface area contributed by atoms with E-state index < -0.39 is 18.0 Å². The van der Waals surface area contributed by atoms with Gasteiger partial charge in [-0.25, -0.2) is 9.59 Å². The molecule has 19 heavy (non-hydrogen) atoms. The summed E-state index contributed by atoms with van der Waals surface area (Å²) in [6.07, 6.45) is 2.88. The Morgan fingerprint density at radius 1 is 1.42 bits per heavy atom. The number of carbonyl (C=O) groups is 3.